The number of hydrogen-bond acceptors (Lipinski definition) is 3. The minimum absolute atomic E-state index is 0.0185. The second-order valence-corrected chi connectivity index (χ2v) is 5.87. The van der Waals surface area contributed by atoms with Gasteiger partial charge in [-0.15, -0.1) is 0 Å². The van der Waals surface area contributed by atoms with Crippen molar-refractivity contribution in [2.75, 3.05) is 11.8 Å². The molecular weight excluding hydrogens is 281 g/mol. The maximum atomic E-state index is 13.3. The molecule has 0 aromatic heterocycles. The van der Waals surface area contributed by atoms with Gasteiger partial charge in [0.05, 0.1) is 17.7 Å². The largest absolute Gasteiger partial charge is 0.494 e. The number of anilines is 1. The molecule has 0 fully saturated rings. The number of ether oxygens (including phenoxy) is 1. The summed E-state index contributed by atoms with van der Waals surface area (Å²) < 4.78 is 45.0. The summed E-state index contributed by atoms with van der Waals surface area (Å²) in [5.74, 6) is -0.568. The van der Waals surface area contributed by atoms with Crippen molar-refractivity contribution in [2.24, 2.45) is 0 Å². The minimum atomic E-state index is -3.71. The zero-order valence-electron chi connectivity index (χ0n) is 11.1. The molecule has 0 atom stereocenters. The molecule has 0 aliphatic carbocycles. The van der Waals surface area contributed by atoms with Gasteiger partial charge in [0.15, 0.2) is 11.6 Å². The predicted octanol–water partition coefficient (Wildman–Crippen LogP) is 2.94. The SMILES string of the molecule is COc1cc(NS(=O)(=O)c2ccccc2C)ccc1F. The molecular formula is C14H14FNO3S. The van der Waals surface area contributed by atoms with Crippen molar-refractivity contribution in [2.45, 2.75) is 11.8 Å². The highest BCUT2D eigenvalue weighted by Crippen LogP contribution is 2.24. The Kier molecular flexibility index (Phi) is 3.94. The average molecular weight is 295 g/mol. The van der Waals surface area contributed by atoms with Gasteiger partial charge in [-0.25, -0.2) is 12.8 Å². The number of hydrogen-bond donors (Lipinski definition) is 1. The molecule has 0 saturated heterocycles. The van der Waals surface area contributed by atoms with Crippen molar-refractivity contribution in [1.82, 2.24) is 0 Å². The van der Waals surface area contributed by atoms with Gasteiger partial charge in [0.2, 0.25) is 0 Å². The second-order valence-electron chi connectivity index (χ2n) is 4.22. The smallest absolute Gasteiger partial charge is 0.262 e. The van der Waals surface area contributed by atoms with E-state index in [0.29, 0.717) is 5.56 Å². The zero-order chi connectivity index (χ0) is 14.8. The van der Waals surface area contributed by atoms with Crippen molar-refractivity contribution in [3.05, 3.63) is 53.8 Å². The van der Waals surface area contributed by atoms with E-state index < -0.39 is 15.8 Å². The summed E-state index contributed by atoms with van der Waals surface area (Å²) in [7, 11) is -2.39. The molecule has 0 bridgehead atoms. The third-order valence-electron chi connectivity index (χ3n) is 2.79. The Bertz CT molecular complexity index is 729. The van der Waals surface area contributed by atoms with Gasteiger partial charge < -0.3 is 4.74 Å². The van der Waals surface area contributed by atoms with Gasteiger partial charge in [-0.3, -0.25) is 4.72 Å². The molecule has 2 aromatic rings. The van der Waals surface area contributed by atoms with Gasteiger partial charge in [0.25, 0.3) is 10.0 Å². The first-order valence-electron chi connectivity index (χ1n) is 5.86. The van der Waals surface area contributed by atoms with Crippen LogP contribution < -0.4 is 9.46 Å². The van der Waals surface area contributed by atoms with Crippen LogP contribution in [0.15, 0.2) is 47.4 Å². The fourth-order valence-electron chi connectivity index (χ4n) is 1.79. The number of methoxy groups -OCH3 is 1. The maximum Gasteiger partial charge on any atom is 0.262 e. The maximum absolute atomic E-state index is 13.3. The molecule has 4 nitrogen and oxygen atoms in total. The molecule has 0 heterocycles. The van der Waals surface area contributed by atoms with Gasteiger partial charge in [-0.1, -0.05) is 18.2 Å². The van der Waals surface area contributed by atoms with Crippen LogP contribution in [0.3, 0.4) is 0 Å². The lowest BCUT2D eigenvalue weighted by Crippen LogP contribution is -2.14. The van der Waals surface area contributed by atoms with Crippen molar-refractivity contribution >= 4 is 15.7 Å². The lowest BCUT2D eigenvalue weighted by atomic mass is 10.2. The highest BCUT2D eigenvalue weighted by molar-refractivity contribution is 7.92. The summed E-state index contributed by atoms with van der Waals surface area (Å²) in [5.41, 5.74) is 0.876. The first-order valence-corrected chi connectivity index (χ1v) is 7.34. The molecule has 0 saturated carbocycles. The van der Waals surface area contributed by atoms with Gasteiger partial charge in [0, 0.05) is 6.07 Å². The number of benzene rings is 2. The third kappa shape index (κ3) is 2.91. The van der Waals surface area contributed by atoms with E-state index in [-0.39, 0.29) is 16.3 Å². The van der Waals surface area contributed by atoms with E-state index in [0.717, 1.165) is 6.07 Å². The molecule has 106 valence electrons. The molecule has 0 spiro atoms. The predicted molar refractivity (Wildman–Crippen MR) is 74.9 cm³/mol. The van der Waals surface area contributed by atoms with Crippen LogP contribution in [-0.4, -0.2) is 15.5 Å². The van der Waals surface area contributed by atoms with Crippen molar-refractivity contribution < 1.29 is 17.5 Å². The Labute approximate surface area is 117 Å². The number of sulfonamides is 1. The third-order valence-corrected chi connectivity index (χ3v) is 4.33. The van der Waals surface area contributed by atoms with Crippen LogP contribution in [-0.2, 0) is 10.0 Å². The first-order chi connectivity index (χ1) is 9.44. The second kappa shape index (κ2) is 5.50. The molecule has 0 radical (unpaired) electrons. The molecule has 0 aliphatic heterocycles. The zero-order valence-corrected chi connectivity index (χ0v) is 11.9. The molecule has 2 rings (SSSR count). The van der Waals surface area contributed by atoms with Crippen LogP contribution in [0.2, 0.25) is 0 Å². The van der Waals surface area contributed by atoms with E-state index in [1.165, 1.54) is 25.3 Å². The van der Waals surface area contributed by atoms with Gasteiger partial charge in [-0.05, 0) is 30.7 Å². The van der Waals surface area contributed by atoms with Crippen molar-refractivity contribution in [1.29, 1.82) is 0 Å². The Morgan fingerprint density at radius 3 is 2.50 bits per heavy atom. The van der Waals surface area contributed by atoms with E-state index in [9.17, 15) is 12.8 Å². The van der Waals surface area contributed by atoms with E-state index in [4.69, 9.17) is 4.74 Å². The van der Waals surface area contributed by atoms with Crippen LogP contribution in [0.5, 0.6) is 5.75 Å². The Hall–Kier alpha value is -2.08. The van der Waals surface area contributed by atoms with E-state index in [1.54, 1.807) is 25.1 Å². The van der Waals surface area contributed by atoms with Crippen molar-refractivity contribution in [3.63, 3.8) is 0 Å². The molecule has 2 aromatic carbocycles. The minimum Gasteiger partial charge on any atom is -0.494 e. The molecule has 0 aliphatic rings. The standard InChI is InChI=1S/C14H14FNO3S/c1-10-5-3-4-6-14(10)20(17,18)16-11-7-8-12(15)13(9-11)19-2/h3-9,16H,1-2H3. The summed E-state index contributed by atoms with van der Waals surface area (Å²) in [6.45, 7) is 1.71. The van der Waals surface area contributed by atoms with Gasteiger partial charge in [0.1, 0.15) is 0 Å². The van der Waals surface area contributed by atoms with Gasteiger partial charge in [-0.2, -0.15) is 0 Å². The van der Waals surface area contributed by atoms with Crippen LogP contribution in [0.25, 0.3) is 0 Å². The molecule has 20 heavy (non-hydrogen) atoms. The number of nitrogens with one attached hydrogen (secondary N) is 1. The topological polar surface area (TPSA) is 55.4 Å². The quantitative estimate of drug-likeness (QED) is 0.943. The number of halogens is 1. The molecule has 1 N–H and O–H groups in total. The lowest BCUT2D eigenvalue weighted by Gasteiger charge is -2.11. The van der Waals surface area contributed by atoms with E-state index in [1.807, 2.05) is 0 Å². The first kappa shape index (κ1) is 14.3. The Morgan fingerprint density at radius 1 is 1.15 bits per heavy atom. The molecule has 0 amide bonds. The normalized spacial score (nSPS) is 11.2. The summed E-state index contributed by atoms with van der Waals surface area (Å²) in [6, 6.07) is 10.4. The molecule has 0 unspecified atom stereocenters. The monoisotopic (exact) mass is 295 g/mol. The summed E-state index contributed by atoms with van der Waals surface area (Å²) in [5, 5.41) is 0. The average Bonchev–Trinajstić information content (AvgIpc) is 2.41. The highest BCUT2D eigenvalue weighted by atomic mass is 32.2. The lowest BCUT2D eigenvalue weighted by molar-refractivity contribution is 0.387. The Balaban J connectivity index is 2.36. The molecule has 6 heteroatoms. The van der Waals surface area contributed by atoms with Crippen LogP contribution in [0, 0.1) is 12.7 Å². The van der Waals surface area contributed by atoms with Crippen molar-refractivity contribution in [3.8, 4) is 5.75 Å². The van der Waals surface area contributed by atoms with E-state index >= 15 is 0 Å². The van der Waals surface area contributed by atoms with Gasteiger partial charge >= 0.3 is 0 Å². The summed E-state index contributed by atoms with van der Waals surface area (Å²) in [6.07, 6.45) is 0. The Morgan fingerprint density at radius 2 is 1.85 bits per heavy atom. The fourth-order valence-corrected chi connectivity index (χ4v) is 3.09. The van der Waals surface area contributed by atoms with Crippen LogP contribution in [0.1, 0.15) is 5.56 Å². The number of aryl methyl sites for hydroxylation is 1. The van der Waals surface area contributed by atoms with Crippen LogP contribution >= 0.6 is 0 Å². The highest BCUT2D eigenvalue weighted by Gasteiger charge is 2.17. The summed E-state index contributed by atoms with van der Waals surface area (Å²) in [4.78, 5) is 0.184. The van der Waals surface area contributed by atoms with E-state index in [2.05, 4.69) is 4.72 Å². The number of rotatable bonds is 4. The van der Waals surface area contributed by atoms with Crippen LogP contribution in [0.4, 0.5) is 10.1 Å². The summed E-state index contributed by atoms with van der Waals surface area (Å²) >= 11 is 0. The fraction of sp³-hybridized carbons (Fsp3) is 0.143.